The van der Waals surface area contributed by atoms with Crippen LogP contribution in [0.5, 0.6) is 0 Å². The highest BCUT2D eigenvalue weighted by Crippen LogP contribution is 2.22. The summed E-state index contributed by atoms with van der Waals surface area (Å²) in [5.41, 5.74) is 4.11. The molecule has 0 aliphatic carbocycles. The average Bonchev–Trinajstić information content (AvgIpc) is 2.44. The maximum absolute atomic E-state index is 11.9. The van der Waals surface area contributed by atoms with Gasteiger partial charge in [0, 0.05) is 18.5 Å². The summed E-state index contributed by atoms with van der Waals surface area (Å²) in [7, 11) is 0. The van der Waals surface area contributed by atoms with E-state index in [1.54, 1.807) is 19.1 Å². The summed E-state index contributed by atoms with van der Waals surface area (Å²) in [6.07, 6.45) is 0.186. The Morgan fingerprint density at radius 3 is 2.29 bits per heavy atom. The van der Waals surface area contributed by atoms with E-state index < -0.39 is 0 Å². The summed E-state index contributed by atoms with van der Waals surface area (Å²) in [5.74, 6) is -0.431. The largest absolute Gasteiger partial charge is 0.352 e. The van der Waals surface area contributed by atoms with Crippen LogP contribution in [0, 0.1) is 0 Å². The molecule has 1 aromatic carbocycles. The number of benzene rings is 1. The Hall–Kier alpha value is -1.88. The van der Waals surface area contributed by atoms with E-state index in [1.807, 2.05) is 12.1 Å². The van der Waals surface area contributed by atoms with Gasteiger partial charge < -0.3 is 5.32 Å². The molecule has 0 heterocycles. The number of hydrogen-bond donors (Lipinski definition) is 2. The van der Waals surface area contributed by atoms with Gasteiger partial charge in [-0.25, -0.2) is 5.48 Å². The second-order valence-electron chi connectivity index (χ2n) is 5.79. The minimum Gasteiger partial charge on any atom is -0.352 e. The fourth-order valence-corrected chi connectivity index (χ4v) is 1.72. The summed E-state index contributed by atoms with van der Waals surface area (Å²) in [6, 6.07) is 7.51. The molecule has 0 spiro atoms. The van der Waals surface area contributed by atoms with Gasteiger partial charge in [-0.3, -0.25) is 14.4 Å². The molecule has 0 saturated heterocycles. The fraction of sp³-hybridized carbons (Fsp3) is 0.500. The molecule has 1 rings (SSSR count). The van der Waals surface area contributed by atoms with Crippen LogP contribution >= 0.6 is 0 Å². The summed E-state index contributed by atoms with van der Waals surface area (Å²) in [6.45, 7) is 8.84. The van der Waals surface area contributed by atoms with Crippen LogP contribution in [-0.4, -0.2) is 25.0 Å². The third kappa shape index (κ3) is 5.95. The number of nitrogens with one attached hydrogen (secondary N) is 2. The zero-order valence-electron chi connectivity index (χ0n) is 13.2. The molecule has 0 aromatic heterocycles. The van der Waals surface area contributed by atoms with E-state index in [-0.39, 0.29) is 30.2 Å². The number of rotatable bonds is 6. The Balaban J connectivity index is 2.44. The molecule has 2 N–H and O–H groups in total. The van der Waals surface area contributed by atoms with Crippen LogP contribution in [-0.2, 0) is 15.0 Å². The molecule has 0 fully saturated rings. The molecule has 0 aliphatic rings. The number of carbonyl (C=O) groups is 2. The van der Waals surface area contributed by atoms with Gasteiger partial charge in [-0.05, 0) is 30.0 Å². The van der Waals surface area contributed by atoms with Crippen molar-refractivity contribution in [1.29, 1.82) is 0 Å². The predicted molar refractivity (Wildman–Crippen MR) is 81.9 cm³/mol. The van der Waals surface area contributed by atoms with Crippen LogP contribution in [0.4, 0.5) is 0 Å². The first-order chi connectivity index (χ1) is 9.84. The lowest BCUT2D eigenvalue weighted by Gasteiger charge is -2.19. The van der Waals surface area contributed by atoms with Crippen LogP contribution in [0.2, 0.25) is 0 Å². The standard InChI is InChI=1S/C16H24N2O3/c1-5-21-18-14(19)10-11-17-15(20)12-6-8-13(9-7-12)16(2,3)4/h6-9H,5,10-11H2,1-4H3,(H,17,20)(H,18,19). The lowest BCUT2D eigenvalue weighted by Crippen LogP contribution is -2.30. The minimum absolute atomic E-state index is 0.0619. The van der Waals surface area contributed by atoms with E-state index in [2.05, 4.69) is 31.6 Å². The molecule has 21 heavy (non-hydrogen) atoms. The molecule has 2 amide bonds. The normalized spacial score (nSPS) is 11.0. The van der Waals surface area contributed by atoms with Crippen molar-refractivity contribution in [3.05, 3.63) is 35.4 Å². The third-order valence-electron chi connectivity index (χ3n) is 2.98. The molecule has 116 valence electrons. The van der Waals surface area contributed by atoms with Crippen molar-refractivity contribution in [3.8, 4) is 0 Å². The molecule has 0 atom stereocenters. The van der Waals surface area contributed by atoms with Crippen molar-refractivity contribution in [2.75, 3.05) is 13.2 Å². The summed E-state index contributed by atoms with van der Waals surface area (Å²) in [5, 5.41) is 2.71. The van der Waals surface area contributed by atoms with Crippen molar-refractivity contribution in [3.63, 3.8) is 0 Å². The molecule has 1 aromatic rings. The highest BCUT2D eigenvalue weighted by molar-refractivity contribution is 5.94. The Kier molecular flexibility index (Phi) is 6.37. The van der Waals surface area contributed by atoms with E-state index in [9.17, 15) is 9.59 Å². The maximum Gasteiger partial charge on any atom is 0.251 e. The predicted octanol–water partition coefficient (Wildman–Crippen LogP) is 2.17. The van der Waals surface area contributed by atoms with Gasteiger partial charge >= 0.3 is 0 Å². The smallest absolute Gasteiger partial charge is 0.251 e. The Morgan fingerprint density at radius 1 is 1.14 bits per heavy atom. The van der Waals surface area contributed by atoms with E-state index in [0.29, 0.717) is 12.2 Å². The highest BCUT2D eigenvalue weighted by atomic mass is 16.6. The van der Waals surface area contributed by atoms with E-state index in [4.69, 9.17) is 4.84 Å². The zero-order valence-corrected chi connectivity index (χ0v) is 13.2. The summed E-state index contributed by atoms with van der Waals surface area (Å²) < 4.78 is 0. The van der Waals surface area contributed by atoms with Gasteiger partial charge in [-0.1, -0.05) is 32.9 Å². The lowest BCUT2D eigenvalue weighted by atomic mass is 9.87. The molecule has 0 aliphatic heterocycles. The second kappa shape index (κ2) is 7.78. The molecule has 0 radical (unpaired) electrons. The summed E-state index contributed by atoms with van der Waals surface area (Å²) >= 11 is 0. The van der Waals surface area contributed by atoms with Crippen LogP contribution < -0.4 is 10.8 Å². The zero-order chi connectivity index (χ0) is 15.9. The third-order valence-corrected chi connectivity index (χ3v) is 2.98. The first kappa shape index (κ1) is 17.2. The molecule has 0 bridgehead atoms. The second-order valence-corrected chi connectivity index (χ2v) is 5.79. The van der Waals surface area contributed by atoms with E-state index in [0.717, 1.165) is 0 Å². The number of carbonyl (C=O) groups excluding carboxylic acids is 2. The van der Waals surface area contributed by atoms with Gasteiger partial charge in [0.15, 0.2) is 0 Å². The van der Waals surface area contributed by atoms with E-state index >= 15 is 0 Å². The van der Waals surface area contributed by atoms with Gasteiger partial charge in [-0.2, -0.15) is 0 Å². The molecule has 0 saturated carbocycles. The van der Waals surface area contributed by atoms with Crippen LogP contribution in [0.1, 0.15) is 50.0 Å². The van der Waals surface area contributed by atoms with Crippen LogP contribution in [0.3, 0.4) is 0 Å². The quantitative estimate of drug-likeness (QED) is 0.790. The fourth-order valence-electron chi connectivity index (χ4n) is 1.72. The first-order valence-electron chi connectivity index (χ1n) is 7.14. The summed E-state index contributed by atoms with van der Waals surface area (Å²) in [4.78, 5) is 28.0. The molecular weight excluding hydrogens is 268 g/mol. The Morgan fingerprint density at radius 2 is 1.76 bits per heavy atom. The minimum atomic E-state index is -0.250. The first-order valence-corrected chi connectivity index (χ1v) is 7.14. The number of hydrogen-bond acceptors (Lipinski definition) is 3. The van der Waals surface area contributed by atoms with Crippen LogP contribution in [0.15, 0.2) is 24.3 Å². The van der Waals surface area contributed by atoms with Gasteiger partial charge in [0.25, 0.3) is 5.91 Å². The molecule has 5 heteroatoms. The SMILES string of the molecule is CCONC(=O)CCNC(=O)c1ccc(C(C)(C)C)cc1. The van der Waals surface area contributed by atoms with Gasteiger partial charge in [0.2, 0.25) is 5.91 Å². The van der Waals surface area contributed by atoms with Crippen molar-refractivity contribution in [1.82, 2.24) is 10.8 Å². The van der Waals surface area contributed by atoms with Crippen LogP contribution in [0.25, 0.3) is 0 Å². The Labute approximate surface area is 126 Å². The number of amides is 2. The topological polar surface area (TPSA) is 67.4 Å². The monoisotopic (exact) mass is 292 g/mol. The lowest BCUT2D eigenvalue weighted by molar-refractivity contribution is -0.133. The van der Waals surface area contributed by atoms with Gasteiger partial charge in [-0.15, -0.1) is 0 Å². The maximum atomic E-state index is 11.9. The molecular formula is C16H24N2O3. The highest BCUT2D eigenvalue weighted by Gasteiger charge is 2.14. The molecule has 5 nitrogen and oxygen atoms in total. The number of hydroxylamine groups is 1. The average molecular weight is 292 g/mol. The van der Waals surface area contributed by atoms with Crippen molar-refractivity contribution in [2.24, 2.45) is 0 Å². The van der Waals surface area contributed by atoms with E-state index in [1.165, 1.54) is 5.56 Å². The Bertz CT molecular complexity index is 475. The van der Waals surface area contributed by atoms with Gasteiger partial charge in [0.05, 0.1) is 6.61 Å². The van der Waals surface area contributed by atoms with Crippen molar-refractivity contribution < 1.29 is 14.4 Å². The van der Waals surface area contributed by atoms with Gasteiger partial charge in [0.1, 0.15) is 0 Å². The molecule has 0 unspecified atom stereocenters. The van der Waals surface area contributed by atoms with Crippen molar-refractivity contribution >= 4 is 11.8 Å². The van der Waals surface area contributed by atoms with Crippen molar-refractivity contribution in [2.45, 2.75) is 39.5 Å².